The van der Waals surface area contributed by atoms with Crippen LogP contribution in [0.4, 0.5) is 0 Å². The first-order valence-electron chi connectivity index (χ1n) is 5.33. The van der Waals surface area contributed by atoms with Crippen LogP contribution in [0, 0.1) is 0 Å². The highest BCUT2D eigenvalue weighted by atomic mass is 35.5. The number of carbonyl (C=O) groups is 1. The van der Waals surface area contributed by atoms with E-state index in [4.69, 9.17) is 16.7 Å². The van der Waals surface area contributed by atoms with Crippen LogP contribution in [0.25, 0.3) is 5.69 Å². The first-order chi connectivity index (χ1) is 9.04. The minimum absolute atomic E-state index is 0.0603. The Hall–Kier alpha value is -1.96. The van der Waals surface area contributed by atoms with E-state index in [1.807, 2.05) is 0 Å². The van der Waals surface area contributed by atoms with E-state index in [1.54, 1.807) is 24.3 Å². The van der Waals surface area contributed by atoms with Gasteiger partial charge in [-0.15, -0.1) is 5.10 Å². The summed E-state index contributed by atoms with van der Waals surface area (Å²) in [5.41, 5.74) is 0.432. The maximum atomic E-state index is 11.8. The van der Waals surface area contributed by atoms with Gasteiger partial charge in [-0.3, -0.25) is 10.0 Å². The Morgan fingerprint density at radius 3 is 2.74 bits per heavy atom. The first kappa shape index (κ1) is 13.5. The van der Waals surface area contributed by atoms with Gasteiger partial charge in [-0.1, -0.05) is 23.7 Å². The van der Waals surface area contributed by atoms with Crippen molar-refractivity contribution in [2.24, 2.45) is 0 Å². The molecule has 0 spiro atoms. The molecule has 1 aromatic heterocycles. The van der Waals surface area contributed by atoms with Crippen LogP contribution in [-0.4, -0.2) is 43.1 Å². The van der Waals surface area contributed by atoms with Crippen LogP contribution < -0.4 is 0 Å². The summed E-state index contributed by atoms with van der Waals surface area (Å²) in [7, 11) is 1.17. The van der Waals surface area contributed by atoms with Gasteiger partial charge in [-0.25, -0.2) is 14.7 Å². The molecule has 19 heavy (non-hydrogen) atoms. The fourth-order valence-corrected chi connectivity index (χ4v) is 1.71. The fourth-order valence-electron chi connectivity index (χ4n) is 1.50. The van der Waals surface area contributed by atoms with Crippen molar-refractivity contribution in [3.63, 3.8) is 0 Å². The van der Waals surface area contributed by atoms with Gasteiger partial charge >= 0.3 is 5.91 Å². The highest BCUT2D eigenvalue weighted by Gasteiger charge is 2.22. The van der Waals surface area contributed by atoms with E-state index in [9.17, 15) is 10.0 Å². The van der Waals surface area contributed by atoms with Crippen molar-refractivity contribution < 1.29 is 15.1 Å². The number of rotatable bonds is 3. The lowest BCUT2D eigenvalue weighted by Crippen LogP contribution is -2.26. The van der Waals surface area contributed by atoms with Crippen LogP contribution in [-0.2, 0) is 6.61 Å². The molecule has 100 valence electrons. The average Bonchev–Trinajstić information content (AvgIpc) is 2.82. The fraction of sp³-hybridized carbons (Fsp3) is 0.182. The zero-order chi connectivity index (χ0) is 14.0. The van der Waals surface area contributed by atoms with Crippen molar-refractivity contribution in [2.75, 3.05) is 7.05 Å². The van der Waals surface area contributed by atoms with Crippen LogP contribution >= 0.6 is 11.6 Å². The molecule has 0 bridgehead atoms. The van der Waals surface area contributed by atoms with Crippen LogP contribution in [0.15, 0.2) is 24.3 Å². The number of aromatic nitrogens is 3. The molecule has 0 radical (unpaired) electrons. The summed E-state index contributed by atoms with van der Waals surface area (Å²) < 4.78 is 1.18. The van der Waals surface area contributed by atoms with E-state index < -0.39 is 12.5 Å². The Kier molecular flexibility index (Phi) is 3.79. The largest absolute Gasteiger partial charge is 0.388 e. The minimum Gasteiger partial charge on any atom is -0.388 e. The Balaban J connectivity index is 2.59. The highest BCUT2D eigenvalue weighted by molar-refractivity contribution is 6.32. The van der Waals surface area contributed by atoms with Gasteiger partial charge in [-0.05, 0) is 12.1 Å². The zero-order valence-electron chi connectivity index (χ0n) is 9.99. The molecule has 1 aromatic carbocycles. The number of hydrogen-bond acceptors (Lipinski definition) is 5. The number of hydroxylamine groups is 2. The smallest absolute Gasteiger partial charge is 0.314 e. The van der Waals surface area contributed by atoms with E-state index in [1.165, 1.54) is 11.7 Å². The molecule has 0 aliphatic carbocycles. The summed E-state index contributed by atoms with van der Waals surface area (Å²) >= 11 is 6.03. The molecule has 0 saturated heterocycles. The summed E-state index contributed by atoms with van der Waals surface area (Å²) in [5.74, 6) is -0.834. The van der Waals surface area contributed by atoms with Crippen molar-refractivity contribution in [1.82, 2.24) is 19.8 Å². The van der Waals surface area contributed by atoms with E-state index in [2.05, 4.69) is 10.1 Å². The van der Waals surface area contributed by atoms with Gasteiger partial charge in [0.2, 0.25) is 5.82 Å². The Bertz CT molecular complexity index is 612. The van der Waals surface area contributed by atoms with Gasteiger partial charge in [0.15, 0.2) is 5.82 Å². The Morgan fingerprint density at radius 2 is 2.16 bits per heavy atom. The third-order valence-electron chi connectivity index (χ3n) is 2.36. The number of carbonyl (C=O) groups excluding carboxylic acids is 1. The number of nitrogens with zero attached hydrogens (tertiary/aromatic N) is 4. The summed E-state index contributed by atoms with van der Waals surface area (Å²) in [6.07, 6.45) is 0. The van der Waals surface area contributed by atoms with Gasteiger partial charge in [0.05, 0.1) is 10.7 Å². The third-order valence-corrected chi connectivity index (χ3v) is 2.68. The van der Waals surface area contributed by atoms with Crippen LogP contribution in [0.1, 0.15) is 16.4 Å². The van der Waals surface area contributed by atoms with E-state index in [0.717, 1.165) is 0 Å². The topological polar surface area (TPSA) is 91.5 Å². The van der Waals surface area contributed by atoms with Gasteiger partial charge in [-0.2, -0.15) is 0 Å². The van der Waals surface area contributed by atoms with Crippen molar-refractivity contribution in [3.8, 4) is 5.69 Å². The molecular formula is C11H11ClN4O3. The second kappa shape index (κ2) is 5.35. The first-order valence-corrected chi connectivity index (χ1v) is 5.71. The summed E-state index contributed by atoms with van der Waals surface area (Å²) in [6, 6.07) is 6.73. The molecule has 0 unspecified atom stereocenters. The molecule has 0 atom stereocenters. The lowest BCUT2D eigenvalue weighted by atomic mass is 10.3. The monoisotopic (exact) mass is 282 g/mol. The second-order valence-corrected chi connectivity index (χ2v) is 4.11. The number of benzene rings is 1. The summed E-state index contributed by atoms with van der Waals surface area (Å²) in [5, 5.41) is 23.0. The maximum absolute atomic E-state index is 11.8. The normalized spacial score (nSPS) is 10.5. The van der Waals surface area contributed by atoms with Gasteiger partial charge in [0.1, 0.15) is 6.61 Å². The SMILES string of the molecule is CN(O)C(=O)c1nc(CO)nn1-c1ccccc1Cl. The van der Waals surface area contributed by atoms with Crippen molar-refractivity contribution in [2.45, 2.75) is 6.61 Å². The molecule has 8 heteroatoms. The number of aliphatic hydroxyl groups excluding tert-OH is 1. The minimum atomic E-state index is -0.757. The second-order valence-electron chi connectivity index (χ2n) is 3.70. The number of aliphatic hydroxyl groups is 1. The van der Waals surface area contributed by atoms with Crippen LogP contribution in [0.3, 0.4) is 0 Å². The molecule has 2 N–H and O–H groups in total. The molecule has 2 rings (SSSR count). The lowest BCUT2D eigenvalue weighted by Gasteiger charge is -2.09. The lowest BCUT2D eigenvalue weighted by molar-refractivity contribution is -0.0386. The predicted octanol–water partition coefficient (Wildman–Crippen LogP) is 0.874. The Labute approximate surface area is 113 Å². The molecule has 0 aliphatic heterocycles. The van der Waals surface area contributed by atoms with E-state index in [-0.39, 0.29) is 11.6 Å². The molecular weight excluding hydrogens is 272 g/mol. The summed E-state index contributed by atoms with van der Waals surface area (Å²) in [6.45, 7) is -0.424. The standard InChI is InChI=1S/C11H11ClN4O3/c1-15(19)11(18)10-13-9(6-17)14-16(10)8-5-3-2-4-7(8)12/h2-5,17,19H,6H2,1H3. The molecule has 0 aliphatic rings. The third kappa shape index (κ3) is 2.58. The molecule has 0 fully saturated rings. The van der Waals surface area contributed by atoms with Crippen molar-refractivity contribution in [3.05, 3.63) is 40.9 Å². The number of para-hydroxylation sites is 1. The van der Waals surface area contributed by atoms with Gasteiger partial charge in [0, 0.05) is 7.05 Å². The van der Waals surface area contributed by atoms with Crippen molar-refractivity contribution in [1.29, 1.82) is 0 Å². The molecule has 1 amide bonds. The number of halogens is 1. The predicted molar refractivity (Wildman–Crippen MR) is 66.2 cm³/mol. The van der Waals surface area contributed by atoms with E-state index >= 15 is 0 Å². The number of amides is 1. The quantitative estimate of drug-likeness (QED) is 0.644. The highest BCUT2D eigenvalue weighted by Crippen LogP contribution is 2.20. The average molecular weight is 283 g/mol. The Morgan fingerprint density at radius 1 is 1.47 bits per heavy atom. The maximum Gasteiger partial charge on any atom is 0.314 e. The number of hydrogen-bond donors (Lipinski definition) is 2. The van der Waals surface area contributed by atoms with Gasteiger partial charge < -0.3 is 5.11 Å². The van der Waals surface area contributed by atoms with Crippen LogP contribution in [0.5, 0.6) is 0 Å². The summed E-state index contributed by atoms with van der Waals surface area (Å²) in [4.78, 5) is 15.7. The molecule has 1 heterocycles. The van der Waals surface area contributed by atoms with Crippen molar-refractivity contribution >= 4 is 17.5 Å². The van der Waals surface area contributed by atoms with E-state index in [0.29, 0.717) is 15.8 Å². The molecule has 7 nitrogen and oxygen atoms in total. The molecule has 0 saturated carbocycles. The van der Waals surface area contributed by atoms with Gasteiger partial charge in [0.25, 0.3) is 0 Å². The van der Waals surface area contributed by atoms with Crippen LogP contribution in [0.2, 0.25) is 5.02 Å². The zero-order valence-corrected chi connectivity index (χ0v) is 10.7. The molecule has 2 aromatic rings.